The van der Waals surface area contributed by atoms with E-state index in [2.05, 4.69) is 26.1 Å². The monoisotopic (exact) mass is 237 g/mol. The Bertz CT molecular complexity index is 309. The molecule has 0 fully saturated rings. The van der Waals surface area contributed by atoms with Crippen molar-refractivity contribution in [1.82, 2.24) is 5.32 Å². The molecule has 3 nitrogen and oxygen atoms in total. The summed E-state index contributed by atoms with van der Waals surface area (Å²) in [6.07, 6.45) is 0. The summed E-state index contributed by atoms with van der Waals surface area (Å²) < 4.78 is 10.7. The van der Waals surface area contributed by atoms with Crippen molar-refractivity contribution in [2.24, 2.45) is 5.92 Å². The van der Waals surface area contributed by atoms with Gasteiger partial charge in [-0.2, -0.15) is 0 Å². The maximum atomic E-state index is 5.62. The molecule has 0 saturated heterocycles. The van der Waals surface area contributed by atoms with Crippen LogP contribution in [0.2, 0.25) is 0 Å². The van der Waals surface area contributed by atoms with Crippen LogP contribution < -0.4 is 14.8 Å². The summed E-state index contributed by atoms with van der Waals surface area (Å²) in [6, 6.07) is 8.17. The van der Waals surface area contributed by atoms with E-state index in [1.807, 2.05) is 24.3 Å². The van der Waals surface area contributed by atoms with E-state index in [4.69, 9.17) is 9.47 Å². The van der Waals surface area contributed by atoms with E-state index < -0.39 is 0 Å². The lowest BCUT2D eigenvalue weighted by Gasteiger charge is -2.17. The Hall–Kier alpha value is -1.22. The molecule has 96 valence electrons. The standard InChI is InChI=1S/C14H23NO2/c1-11(2)12(3)15-9-10-17-14-7-5-13(16-4)6-8-14/h5-8,11-12,15H,9-10H2,1-4H3. The fraction of sp³-hybridized carbons (Fsp3) is 0.571. The second-order valence-electron chi connectivity index (χ2n) is 4.51. The SMILES string of the molecule is COc1ccc(OCCNC(C)C(C)C)cc1. The summed E-state index contributed by atoms with van der Waals surface area (Å²) in [6.45, 7) is 8.16. The van der Waals surface area contributed by atoms with E-state index in [0.29, 0.717) is 18.6 Å². The van der Waals surface area contributed by atoms with E-state index in [1.54, 1.807) is 7.11 Å². The van der Waals surface area contributed by atoms with Gasteiger partial charge in [-0.15, -0.1) is 0 Å². The zero-order valence-electron chi connectivity index (χ0n) is 11.2. The van der Waals surface area contributed by atoms with E-state index in [-0.39, 0.29) is 0 Å². The van der Waals surface area contributed by atoms with Crippen LogP contribution in [0, 0.1) is 5.92 Å². The highest BCUT2D eigenvalue weighted by Crippen LogP contribution is 2.16. The molecule has 0 saturated carbocycles. The molecule has 1 atom stereocenters. The maximum absolute atomic E-state index is 5.62. The average Bonchev–Trinajstić information content (AvgIpc) is 2.35. The molecule has 1 N–H and O–H groups in total. The summed E-state index contributed by atoms with van der Waals surface area (Å²) in [5.74, 6) is 2.38. The smallest absolute Gasteiger partial charge is 0.119 e. The molecule has 1 aromatic rings. The summed E-state index contributed by atoms with van der Waals surface area (Å²) in [5.41, 5.74) is 0. The van der Waals surface area contributed by atoms with Crippen molar-refractivity contribution in [2.75, 3.05) is 20.3 Å². The Morgan fingerprint density at radius 2 is 1.65 bits per heavy atom. The number of methoxy groups -OCH3 is 1. The highest BCUT2D eigenvalue weighted by molar-refractivity contribution is 5.31. The fourth-order valence-corrected chi connectivity index (χ4v) is 1.36. The Labute approximate surface area is 104 Å². The van der Waals surface area contributed by atoms with Gasteiger partial charge < -0.3 is 14.8 Å². The first-order valence-corrected chi connectivity index (χ1v) is 6.13. The third kappa shape index (κ3) is 5.09. The van der Waals surface area contributed by atoms with E-state index in [9.17, 15) is 0 Å². The van der Waals surface area contributed by atoms with Gasteiger partial charge in [0.25, 0.3) is 0 Å². The molecular formula is C14H23NO2. The molecule has 0 spiro atoms. The van der Waals surface area contributed by atoms with Gasteiger partial charge in [-0.3, -0.25) is 0 Å². The highest BCUT2D eigenvalue weighted by Gasteiger charge is 2.04. The second kappa shape index (κ2) is 7.17. The van der Waals surface area contributed by atoms with Crippen LogP contribution in [0.15, 0.2) is 24.3 Å². The van der Waals surface area contributed by atoms with Gasteiger partial charge in [-0.05, 0) is 37.1 Å². The molecule has 1 rings (SSSR count). The molecule has 1 aromatic carbocycles. The number of ether oxygens (including phenoxy) is 2. The molecule has 0 amide bonds. The van der Waals surface area contributed by atoms with Gasteiger partial charge in [-0.25, -0.2) is 0 Å². The topological polar surface area (TPSA) is 30.5 Å². The van der Waals surface area contributed by atoms with Crippen molar-refractivity contribution in [1.29, 1.82) is 0 Å². The lowest BCUT2D eigenvalue weighted by Crippen LogP contribution is -2.33. The van der Waals surface area contributed by atoms with E-state index >= 15 is 0 Å². The lowest BCUT2D eigenvalue weighted by molar-refractivity contribution is 0.296. The average molecular weight is 237 g/mol. The molecule has 0 bridgehead atoms. The Kier molecular flexibility index (Phi) is 5.84. The van der Waals surface area contributed by atoms with Gasteiger partial charge in [-0.1, -0.05) is 13.8 Å². The van der Waals surface area contributed by atoms with Crippen molar-refractivity contribution < 1.29 is 9.47 Å². The quantitative estimate of drug-likeness (QED) is 0.740. The summed E-state index contributed by atoms with van der Waals surface area (Å²) in [5, 5.41) is 3.43. The van der Waals surface area contributed by atoms with Crippen molar-refractivity contribution >= 4 is 0 Å². The summed E-state index contributed by atoms with van der Waals surface area (Å²) in [7, 11) is 1.66. The van der Waals surface area contributed by atoms with Crippen LogP contribution in [0.5, 0.6) is 11.5 Å². The maximum Gasteiger partial charge on any atom is 0.119 e. The predicted molar refractivity (Wildman–Crippen MR) is 70.8 cm³/mol. The third-order valence-corrected chi connectivity index (χ3v) is 2.90. The molecule has 1 unspecified atom stereocenters. The van der Waals surface area contributed by atoms with Crippen LogP contribution in [0.25, 0.3) is 0 Å². The molecule has 3 heteroatoms. The van der Waals surface area contributed by atoms with Crippen LogP contribution in [-0.4, -0.2) is 26.3 Å². The highest BCUT2D eigenvalue weighted by atomic mass is 16.5. The molecule has 0 aliphatic rings. The molecule has 0 aliphatic heterocycles. The zero-order chi connectivity index (χ0) is 12.7. The van der Waals surface area contributed by atoms with Gasteiger partial charge in [0, 0.05) is 12.6 Å². The van der Waals surface area contributed by atoms with Crippen molar-refractivity contribution in [3.63, 3.8) is 0 Å². The molecule has 0 heterocycles. The first-order chi connectivity index (χ1) is 8.13. The number of hydrogen-bond donors (Lipinski definition) is 1. The number of nitrogens with one attached hydrogen (secondary N) is 1. The van der Waals surface area contributed by atoms with Gasteiger partial charge in [0.1, 0.15) is 18.1 Å². The third-order valence-electron chi connectivity index (χ3n) is 2.90. The summed E-state index contributed by atoms with van der Waals surface area (Å²) >= 11 is 0. The van der Waals surface area contributed by atoms with Gasteiger partial charge in [0.05, 0.1) is 7.11 Å². The predicted octanol–water partition coefficient (Wildman–Crippen LogP) is 2.71. The molecule has 17 heavy (non-hydrogen) atoms. The van der Waals surface area contributed by atoms with Crippen molar-refractivity contribution in [2.45, 2.75) is 26.8 Å². The Balaban J connectivity index is 2.22. The second-order valence-corrected chi connectivity index (χ2v) is 4.51. The number of hydrogen-bond acceptors (Lipinski definition) is 3. The lowest BCUT2D eigenvalue weighted by atomic mass is 10.1. The molecule has 0 aromatic heterocycles. The molecular weight excluding hydrogens is 214 g/mol. The fourth-order valence-electron chi connectivity index (χ4n) is 1.36. The van der Waals surface area contributed by atoms with Crippen LogP contribution in [0.3, 0.4) is 0 Å². The largest absolute Gasteiger partial charge is 0.497 e. The van der Waals surface area contributed by atoms with Crippen LogP contribution in [0.4, 0.5) is 0 Å². The van der Waals surface area contributed by atoms with Crippen LogP contribution >= 0.6 is 0 Å². The Morgan fingerprint density at radius 3 is 2.18 bits per heavy atom. The first-order valence-electron chi connectivity index (χ1n) is 6.13. The minimum atomic E-state index is 0.523. The van der Waals surface area contributed by atoms with Gasteiger partial charge >= 0.3 is 0 Å². The minimum absolute atomic E-state index is 0.523. The van der Waals surface area contributed by atoms with Crippen LogP contribution in [0.1, 0.15) is 20.8 Å². The number of rotatable bonds is 7. The first kappa shape index (κ1) is 13.8. The van der Waals surface area contributed by atoms with Crippen molar-refractivity contribution in [3.8, 4) is 11.5 Å². The molecule has 0 radical (unpaired) electrons. The zero-order valence-corrected chi connectivity index (χ0v) is 11.2. The normalized spacial score (nSPS) is 12.5. The van der Waals surface area contributed by atoms with E-state index in [1.165, 1.54) is 0 Å². The van der Waals surface area contributed by atoms with E-state index in [0.717, 1.165) is 18.0 Å². The van der Waals surface area contributed by atoms with Crippen molar-refractivity contribution in [3.05, 3.63) is 24.3 Å². The van der Waals surface area contributed by atoms with Gasteiger partial charge in [0.2, 0.25) is 0 Å². The minimum Gasteiger partial charge on any atom is -0.497 e. The Morgan fingerprint density at radius 1 is 1.06 bits per heavy atom. The summed E-state index contributed by atoms with van der Waals surface area (Å²) in [4.78, 5) is 0. The van der Waals surface area contributed by atoms with Crippen LogP contribution in [-0.2, 0) is 0 Å². The molecule has 0 aliphatic carbocycles. The number of benzene rings is 1. The van der Waals surface area contributed by atoms with Gasteiger partial charge in [0.15, 0.2) is 0 Å².